The predicted octanol–water partition coefficient (Wildman–Crippen LogP) is 7.95. The molecular weight excluding hydrogens is 416 g/mol. The van der Waals surface area contributed by atoms with Crippen LogP contribution in [0.1, 0.15) is 60.5 Å². The summed E-state index contributed by atoms with van der Waals surface area (Å²) in [7, 11) is -3.75. The summed E-state index contributed by atoms with van der Waals surface area (Å²) in [6.07, 6.45) is 0.590. The minimum Gasteiger partial charge on any atom is -0.417 e. The Morgan fingerprint density at radius 3 is 1.90 bits per heavy atom. The van der Waals surface area contributed by atoms with Gasteiger partial charge in [-0.1, -0.05) is 78.5 Å². The van der Waals surface area contributed by atoms with E-state index in [2.05, 4.69) is 93.4 Å². The Hall–Kier alpha value is -0.726. The van der Waals surface area contributed by atoms with Crippen LogP contribution in [0.4, 0.5) is 0 Å². The van der Waals surface area contributed by atoms with E-state index in [9.17, 15) is 0 Å². The van der Waals surface area contributed by atoms with Gasteiger partial charge >= 0.3 is 0 Å². The second-order valence-corrected chi connectivity index (χ2v) is 21.4. The van der Waals surface area contributed by atoms with Gasteiger partial charge in [0, 0.05) is 6.61 Å². The predicted molar refractivity (Wildman–Crippen MR) is 140 cm³/mol. The van der Waals surface area contributed by atoms with Gasteiger partial charge in [0.15, 0.2) is 16.6 Å². The molecular formula is C26H48O3Si2. The molecule has 0 N–H and O–H groups in total. The number of benzene rings is 1. The molecule has 0 bridgehead atoms. The molecule has 0 aromatic heterocycles. The van der Waals surface area contributed by atoms with E-state index in [1.165, 1.54) is 5.56 Å². The van der Waals surface area contributed by atoms with Crippen LogP contribution in [0.3, 0.4) is 0 Å². The van der Waals surface area contributed by atoms with E-state index in [0.29, 0.717) is 13.2 Å². The second kappa shape index (κ2) is 10.9. The highest BCUT2D eigenvalue weighted by atomic mass is 28.4. The molecule has 31 heavy (non-hydrogen) atoms. The number of rotatable bonds is 11. The zero-order valence-corrected chi connectivity index (χ0v) is 24.1. The molecule has 0 amide bonds. The molecule has 0 spiro atoms. The van der Waals surface area contributed by atoms with Gasteiger partial charge in [-0.25, -0.2) is 0 Å². The highest BCUT2D eigenvalue weighted by molar-refractivity contribution is 6.74. The first-order chi connectivity index (χ1) is 14.0. The van der Waals surface area contributed by atoms with Gasteiger partial charge in [-0.15, -0.1) is 0 Å². The third-order valence-electron chi connectivity index (χ3n) is 7.10. The van der Waals surface area contributed by atoms with Crippen LogP contribution in [-0.2, 0) is 20.2 Å². The van der Waals surface area contributed by atoms with Crippen LogP contribution >= 0.6 is 0 Å². The Balaban J connectivity index is 2.89. The summed E-state index contributed by atoms with van der Waals surface area (Å²) in [6, 6.07) is 10.3. The summed E-state index contributed by atoms with van der Waals surface area (Å²) in [5.41, 5.74) is 2.25. The molecule has 2 atom stereocenters. The molecule has 0 heterocycles. The fourth-order valence-electron chi connectivity index (χ4n) is 2.69. The SMILES string of the molecule is C=C(CCO[Si](C)(C)C(C)(C)C)[C@@H](O[Si](C)(C)C(C)(C)C)[C@H](C)OCc1ccccc1. The van der Waals surface area contributed by atoms with Crippen molar-refractivity contribution in [1.82, 2.24) is 0 Å². The fourth-order valence-corrected chi connectivity index (χ4v) is 5.08. The van der Waals surface area contributed by atoms with E-state index >= 15 is 0 Å². The van der Waals surface area contributed by atoms with Crippen molar-refractivity contribution in [2.75, 3.05) is 6.61 Å². The van der Waals surface area contributed by atoms with Crippen LogP contribution < -0.4 is 0 Å². The van der Waals surface area contributed by atoms with Crippen LogP contribution in [0.5, 0.6) is 0 Å². The van der Waals surface area contributed by atoms with E-state index in [0.717, 1.165) is 12.0 Å². The molecule has 178 valence electrons. The van der Waals surface area contributed by atoms with Gasteiger partial charge in [0.1, 0.15) is 0 Å². The van der Waals surface area contributed by atoms with Crippen molar-refractivity contribution in [3.8, 4) is 0 Å². The first kappa shape index (κ1) is 28.3. The maximum Gasteiger partial charge on any atom is 0.193 e. The van der Waals surface area contributed by atoms with Crippen molar-refractivity contribution in [1.29, 1.82) is 0 Å². The lowest BCUT2D eigenvalue weighted by Crippen LogP contribution is -2.48. The maximum atomic E-state index is 6.83. The molecule has 0 unspecified atom stereocenters. The molecule has 0 radical (unpaired) electrons. The molecule has 0 saturated heterocycles. The van der Waals surface area contributed by atoms with Crippen molar-refractivity contribution >= 4 is 16.6 Å². The molecule has 1 aromatic rings. The lowest BCUT2D eigenvalue weighted by molar-refractivity contribution is -0.0161. The van der Waals surface area contributed by atoms with E-state index in [-0.39, 0.29) is 22.3 Å². The number of hydrogen-bond donors (Lipinski definition) is 0. The smallest absolute Gasteiger partial charge is 0.193 e. The first-order valence-electron chi connectivity index (χ1n) is 11.6. The highest BCUT2D eigenvalue weighted by Crippen LogP contribution is 2.39. The van der Waals surface area contributed by atoms with Gasteiger partial charge in [-0.3, -0.25) is 0 Å². The first-order valence-corrected chi connectivity index (χ1v) is 17.4. The fraction of sp³-hybridized carbons (Fsp3) is 0.692. The standard InChI is InChI=1S/C26H48O3Si2/c1-21(18-19-28-30(9,10)25(3,4)5)24(29-31(11,12)26(6,7)8)22(2)27-20-23-16-14-13-15-17-23/h13-17,22,24H,1,18-20H2,2-12H3/t22-,24+/m0/s1. The maximum absolute atomic E-state index is 6.83. The van der Waals surface area contributed by atoms with Gasteiger partial charge in [-0.2, -0.15) is 0 Å². The average Bonchev–Trinajstić information content (AvgIpc) is 2.63. The van der Waals surface area contributed by atoms with Crippen molar-refractivity contribution in [2.24, 2.45) is 0 Å². The summed E-state index contributed by atoms with van der Waals surface area (Å²) < 4.78 is 19.5. The number of ether oxygens (including phenoxy) is 1. The van der Waals surface area contributed by atoms with Gasteiger partial charge in [-0.05, 0) is 60.7 Å². The summed E-state index contributed by atoms with van der Waals surface area (Å²) in [5, 5.41) is 0.333. The van der Waals surface area contributed by atoms with Gasteiger partial charge in [0.2, 0.25) is 0 Å². The summed E-state index contributed by atoms with van der Waals surface area (Å²) >= 11 is 0. The van der Waals surface area contributed by atoms with Crippen molar-refractivity contribution < 1.29 is 13.6 Å². The third kappa shape index (κ3) is 8.62. The zero-order chi connectivity index (χ0) is 24.1. The molecule has 0 saturated carbocycles. The summed E-state index contributed by atoms with van der Waals surface area (Å²) in [5.74, 6) is 0. The summed E-state index contributed by atoms with van der Waals surface area (Å²) in [6.45, 7) is 30.6. The molecule has 1 rings (SSSR count). The van der Waals surface area contributed by atoms with Crippen molar-refractivity contribution in [2.45, 2.75) is 110 Å². The van der Waals surface area contributed by atoms with Gasteiger partial charge in [0.25, 0.3) is 0 Å². The molecule has 0 aliphatic heterocycles. The average molecular weight is 465 g/mol. The minimum atomic E-state index is -1.98. The van der Waals surface area contributed by atoms with E-state index in [1.54, 1.807) is 0 Å². The lowest BCUT2D eigenvalue weighted by atomic mass is 10.0. The lowest BCUT2D eigenvalue weighted by Gasteiger charge is -2.41. The molecule has 5 heteroatoms. The van der Waals surface area contributed by atoms with Crippen LogP contribution in [0, 0.1) is 0 Å². The zero-order valence-electron chi connectivity index (χ0n) is 22.1. The molecule has 0 aliphatic rings. The van der Waals surface area contributed by atoms with Gasteiger partial charge < -0.3 is 13.6 Å². The van der Waals surface area contributed by atoms with Crippen molar-refractivity contribution in [3.63, 3.8) is 0 Å². The third-order valence-corrected chi connectivity index (χ3v) is 16.1. The van der Waals surface area contributed by atoms with Crippen LogP contribution in [0.25, 0.3) is 0 Å². The summed E-state index contributed by atoms with van der Waals surface area (Å²) in [4.78, 5) is 0. The Labute approximate surface area is 194 Å². The second-order valence-electron chi connectivity index (χ2n) is 11.8. The Morgan fingerprint density at radius 1 is 0.903 bits per heavy atom. The number of hydrogen-bond acceptors (Lipinski definition) is 3. The van der Waals surface area contributed by atoms with Crippen LogP contribution in [0.15, 0.2) is 42.5 Å². The minimum absolute atomic E-state index is 0.0743. The molecule has 0 fully saturated rings. The van der Waals surface area contributed by atoms with Crippen LogP contribution in [0.2, 0.25) is 36.3 Å². The Bertz CT molecular complexity index is 685. The highest BCUT2D eigenvalue weighted by Gasteiger charge is 2.41. The molecule has 3 nitrogen and oxygen atoms in total. The monoisotopic (exact) mass is 464 g/mol. The topological polar surface area (TPSA) is 27.7 Å². The molecule has 0 aliphatic carbocycles. The quantitative estimate of drug-likeness (QED) is 0.245. The van der Waals surface area contributed by atoms with Crippen LogP contribution in [-0.4, -0.2) is 35.4 Å². The Kier molecular flexibility index (Phi) is 9.98. The van der Waals surface area contributed by atoms with E-state index in [1.807, 2.05) is 18.2 Å². The van der Waals surface area contributed by atoms with Crippen molar-refractivity contribution in [3.05, 3.63) is 48.0 Å². The largest absolute Gasteiger partial charge is 0.417 e. The Morgan fingerprint density at radius 2 is 1.42 bits per heavy atom. The van der Waals surface area contributed by atoms with E-state index < -0.39 is 16.6 Å². The van der Waals surface area contributed by atoms with Gasteiger partial charge in [0.05, 0.1) is 18.8 Å². The van der Waals surface area contributed by atoms with E-state index in [4.69, 9.17) is 13.6 Å². The molecule has 1 aromatic carbocycles. The normalized spacial score (nSPS) is 15.6.